The maximum absolute atomic E-state index is 11.9. The Labute approximate surface area is 113 Å². The second-order valence-electron chi connectivity index (χ2n) is 4.74. The number of nitriles is 1. The van der Waals surface area contributed by atoms with Gasteiger partial charge in [-0.25, -0.2) is 0 Å². The fourth-order valence-corrected chi connectivity index (χ4v) is 2.47. The Balaban J connectivity index is 2.08. The first kappa shape index (κ1) is 13.6. The van der Waals surface area contributed by atoms with Crippen molar-refractivity contribution in [3.05, 3.63) is 35.9 Å². The second kappa shape index (κ2) is 6.35. The lowest BCUT2D eigenvalue weighted by Gasteiger charge is -2.22. The van der Waals surface area contributed by atoms with E-state index in [0.717, 1.165) is 5.56 Å². The molecule has 0 unspecified atom stereocenters. The largest absolute Gasteiger partial charge is 0.465 e. The van der Waals surface area contributed by atoms with Gasteiger partial charge in [0.05, 0.1) is 18.6 Å². The van der Waals surface area contributed by atoms with Crippen LogP contribution in [0.2, 0.25) is 0 Å². The minimum Gasteiger partial charge on any atom is -0.465 e. The van der Waals surface area contributed by atoms with Gasteiger partial charge in [0.25, 0.3) is 0 Å². The molecule has 2 atom stereocenters. The summed E-state index contributed by atoms with van der Waals surface area (Å²) in [5.41, 5.74) is 1.15. The minimum atomic E-state index is -0.287. The molecular formula is C15H18N2O2. The summed E-state index contributed by atoms with van der Waals surface area (Å²) in [5, 5.41) is 9.05. The maximum Gasteiger partial charge on any atom is 0.323 e. The summed E-state index contributed by atoms with van der Waals surface area (Å²) in [7, 11) is 0. The number of hydrogen-bond acceptors (Lipinski definition) is 4. The third-order valence-corrected chi connectivity index (χ3v) is 3.37. The van der Waals surface area contributed by atoms with Gasteiger partial charge in [-0.3, -0.25) is 9.69 Å². The SMILES string of the molecule is CCOC(=O)[C@@H]1C[C@@H](C#N)CN1Cc1ccccc1. The first-order valence-corrected chi connectivity index (χ1v) is 6.58. The van der Waals surface area contributed by atoms with Crippen LogP contribution in [0.4, 0.5) is 0 Å². The van der Waals surface area contributed by atoms with Crippen LogP contribution in [0.3, 0.4) is 0 Å². The van der Waals surface area contributed by atoms with Crippen LogP contribution in [0.1, 0.15) is 18.9 Å². The fourth-order valence-electron chi connectivity index (χ4n) is 2.47. The first-order valence-electron chi connectivity index (χ1n) is 6.58. The van der Waals surface area contributed by atoms with Gasteiger partial charge in [0.1, 0.15) is 6.04 Å². The van der Waals surface area contributed by atoms with Crippen molar-refractivity contribution in [1.29, 1.82) is 5.26 Å². The molecule has 0 saturated carbocycles. The number of likely N-dealkylation sites (tertiary alicyclic amines) is 1. The number of carbonyl (C=O) groups excluding carboxylic acids is 1. The summed E-state index contributed by atoms with van der Waals surface area (Å²) in [6, 6.07) is 12.0. The fraction of sp³-hybridized carbons (Fsp3) is 0.467. The molecule has 4 heteroatoms. The van der Waals surface area contributed by atoms with Crippen molar-refractivity contribution in [2.75, 3.05) is 13.2 Å². The van der Waals surface area contributed by atoms with Gasteiger partial charge in [0.15, 0.2) is 0 Å². The van der Waals surface area contributed by atoms with Gasteiger partial charge in [-0.15, -0.1) is 0 Å². The molecule has 100 valence electrons. The van der Waals surface area contributed by atoms with Gasteiger partial charge in [-0.05, 0) is 18.9 Å². The third-order valence-electron chi connectivity index (χ3n) is 3.37. The Bertz CT molecular complexity index is 467. The number of nitrogens with zero attached hydrogens (tertiary/aromatic N) is 2. The monoisotopic (exact) mass is 258 g/mol. The van der Waals surface area contributed by atoms with Gasteiger partial charge in [-0.1, -0.05) is 30.3 Å². The van der Waals surface area contributed by atoms with Crippen molar-refractivity contribution in [2.45, 2.75) is 25.9 Å². The third kappa shape index (κ3) is 3.33. The zero-order valence-corrected chi connectivity index (χ0v) is 11.1. The molecule has 0 bridgehead atoms. The molecule has 1 heterocycles. The van der Waals surface area contributed by atoms with Crippen LogP contribution in [-0.2, 0) is 16.1 Å². The van der Waals surface area contributed by atoms with Crippen molar-refractivity contribution < 1.29 is 9.53 Å². The van der Waals surface area contributed by atoms with E-state index < -0.39 is 0 Å². The van der Waals surface area contributed by atoms with E-state index in [-0.39, 0.29) is 17.9 Å². The van der Waals surface area contributed by atoms with Gasteiger partial charge in [0.2, 0.25) is 0 Å². The predicted octanol–water partition coefficient (Wildman–Crippen LogP) is 1.96. The van der Waals surface area contributed by atoms with Crippen molar-refractivity contribution in [2.24, 2.45) is 5.92 Å². The molecule has 1 aromatic rings. The molecule has 19 heavy (non-hydrogen) atoms. The van der Waals surface area contributed by atoms with E-state index in [1.54, 1.807) is 6.92 Å². The summed E-state index contributed by atoms with van der Waals surface area (Å²) >= 11 is 0. The summed E-state index contributed by atoms with van der Waals surface area (Å²) in [5.74, 6) is -0.297. The molecule has 0 radical (unpaired) electrons. The average Bonchev–Trinajstić information content (AvgIpc) is 2.83. The van der Waals surface area contributed by atoms with Gasteiger partial charge >= 0.3 is 5.97 Å². The summed E-state index contributed by atoms with van der Waals surface area (Å²) in [6.07, 6.45) is 0.572. The minimum absolute atomic E-state index is 0.0851. The van der Waals surface area contributed by atoms with E-state index >= 15 is 0 Å². The zero-order valence-electron chi connectivity index (χ0n) is 11.1. The molecule has 0 spiro atoms. The highest BCUT2D eigenvalue weighted by atomic mass is 16.5. The Kier molecular flexibility index (Phi) is 4.53. The van der Waals surface area contributed by atoms with Crippen LogP contribution in [0.15, 0.2) is 30.3 Å². The second-order valence-corrected chi connectivity index (χ2v) is 4.74. The molecule has 1 saturated heterocycles. The smallest absolute Gasteiger partial charge is 0.323 e. The van der Waals surface area contributed by atoms with Crippen molar-refractivity contribution >= 4 is 5.97 Å². The highest BCUT2D eigenvalue weighted by Gasteiger charge is 2.37. The molecule has 0 amide bonds. The van der Waals surface area contributed by atoms with Gasteiger partial charge in [-0.2, -0.15) is 5.26 Å². The standard InChI is InChI=1S/C15H18N2O2/c1-2-19-15(18)14-8-13(9-16)11-17(14)10-12-6-4-3-5-7-12/h3-7,13-14H,2,8,10-11H2,1H3/t13-,14-/m0/s1. The summed E-state index contributed by atoms with van der Waals surface area (Å²) < 4.78 is 5.10. The van der Waals surface area contributed by atoms with Crippen LogP contribution in [0.25, 0.3) is 0 Å². The lowest BCUT2D eigenvalue weighted by Crippen LogP contribution is -2.36. The number of hydrogen-bond donors (Lipinski definition) is 0. The number of carbonyl (C=O) groups is 1. The molecule has 0 aromatic heterocycles. The zero-order chi connectivity index (χ0) is 13.7. The highest BCUT2D eigenvalue weighted by molar-refractivity contribution is 5.76. The molecular weight excluding hydrogens is 240 g/mol. The molecule has 1 aliphatic rings. The quantitative estimate of drug-likeness (QED) is 0.775. The van der Waals surface area contributed by atoms with Crippen molar-refractivity contribution in [1.82, 2.24) is 4.90 Å². The molecule has 0 N–H and O–H groups in total. The van der Waals surface area contributed by atoms with E-state index in [9.17, 15) is 4.79 Å². The number of ether oxygens (including phenoxy) is 1. The maximum atomic E-state index is 11.9. The summed E-state index contributed by atoms with van der Waals surface area (Å²) in [4.78, 5) is 14.0. The van der Waals surface area contributed by atoms with Crippen LogP contribution < -0.4 is 0 Å². The summed E-state index contributed by atoms with van der Waals surface area (Å²) in [6.45, 7) is 3.50. The molecule has 1 aliphatic heterocycles. The first-order chi connectivity index (χ1) is 9.24. The van der Waals surface area contributed by atoms with Crippen LogP contribution in [0, 0.1) is 17.2 Å². The molecule has 1 aromatic carbocycles. The van der Waals surface area contributed by atoms with E-state index in [2.05, 4.69) is 6.07 Å². The van der Waals surface area contributed by atoms with Crippen molar-refractivity contribution in [3.63, 3.8) is 0 Å². The Morgan fingerprint density at radius 3 is 2.84 bits per heavy atom. The average molecular weight is 258 g/mol. The Morgan fingerprint density at radius 2 is 2.21 bits per heavy atom. The van der Waals surface area contributed by atoms with Gasteiger partial charge < -0.3 is 4.74 Å². The Hall–Kier alpha value is -1.86. The van der Waals surface area contributed by atoms with Crippen LogP contribution >= 0.6 is 0 Å². The topological polar surface area (TPSA) is 53.3 Å². The number of rotatable bonds is 4. The lowest BCUT2D eigenvalue weighted by molar-refractivity contribution is -0.148. The number of benzene rings is 1. The normalized spacial score (nSPS) is 22.9. The molecule has 1 fully saturated rings. The molecule has 0 aliphatic carbocycles. The predicted molar refractivity (Wildman–Crippen MR) is 71.0 cm³/mol. The number of esters is 1. The van der Waals surface area contributed by atoms with Gasteiger partial charge in [0, 0.05) is 13.1 Å². The van der Waals surface area contributed by atoms with E-state index in [1.165, 1.54) is 0 Å². The Morgan fingerprint density at radius 1 is 1.47 bits per heavy atom. The molecule has 4 nitrogen and oxygen atoms in total. The highest BCUT2D eigenvalue weighted by Crippen LogP contribution is 2.25. The van der Waals surface area contributed by atoms with E-state index in [1.807, 2.05) is 35.2 Å². The van der Waals surface area contributed by atoms with E-state index in [4.69, 9.17) is 10.00 Å². The van der Waals surface area contributed by atoms with Crippen molar-refractivity contribution in [3.8, 4) is 6.07 Å². The van der Waals surface area contributed by atoms with E-state index in [0.29, 0.717) is 26.1 Å². The van der Waals surface area contributed by atoms with Crippen LogP contribution in [0.5, 0.6) is 0 Å². The lowest BCUT2D eigenvalue weighted by atomic mass is 10.1. The molecule has 2 rings (SSSR count). The van der Waals surface area contributed by atoms with Crippen LogP contribution in [-0.4, -0.2) is 30.1 Å².